The summed E-state index contributed by atoms with van der Waals surface area (Å²) < 4.78 is 12.4. The van der Waals surface area contributed by atoms with Crippen molar-refractivity contribution in [3.63, 3.8) is 0 Å². The normalized spacial score (nSPS) is 14.3. The molecule has 0 bridgehead atoms. The molecule has 4 nitrogen and oxygen atoms in total. The van der Waals surface area contributed by atoms with Gasteiger partial charge >= 0.3 is 0 Å². The second-order valence-corrected chi connectivity index (χ2v) is 9.55. The highest BCUT2D eigenvalue weighted by Crippen LogP contribution is 2.53. The summed E-state index contributed by atoms with van der Waals surface area (Å²) in [5.41, 5.74) is -1.80. The summed E-state index contributed by atoms with van der Waals surface area (Å²) in [4.78, 5) is 0. The highest BCUT2D eigenvalue weighted by Gasteiger charge is 2.56. The van der Waals surface area contributed by atoms with Crippen LogP contribution in [-0.2, 0) is 11.2 Å². The average Bonchev–Trinajstić information content (AvgIpc) is 2.98. The highest BCUT2D eigenvalue weighted by molar-refractivity contribution is 5.57. The first-order valence-corrected chi connectivity index (χ1v) is 13.6. The number of benzene rings is 4. The molecular formula is C34H38O4. The number of ether oxygens (including phenoxy) is 2. The molecule has 0 aromatic heterocycles. The fraction of sp³-hybridized carbons (Fsp3) is 0.294. The average molecular weight is 511 g/mol. The van der Waals surface area contributed by atoms with E-state index in [1.54, 1.807) is 0 Å². The van der Waals surface area contributed by atoms with E-state index in [0.29, 0.717) is 47.0 Å². The fourth-order valence-electron chi connectivity index (χ4n) is 4.91. The molecule has 0 saturated heterocycles. The first-order valence-electron chi connectivity index (χ1n) is 13.6. The van der Waals surface area contributed by atoms with Gasteiger partial charge in [-0.15, -0.1) is 0 Å². The summed E-state index contributed by atoms with van der Waals surface area (Å²) in [5.74, 6) is 1.07. The number of hydrogen-bond donors (Lipinski definition) is 2. The Labute approximate surface area is 226 Å². The van der Waals surface area contributed by atoms with Crippen LogP contribution in [-0.4, -0.2) is 23.4 Å². The predicted molar refractivity (Wildman–Crippen MR) is 153 cm³/mol. The van der Waals surface area contributed by atoms with Gasteiger partial charge in [-0.2, -0.15) is 0 Å². The summed E-state index contributed by atoms with van der Waals surface area (Å²) >= 11 is 0. The van der Waals surface area contributed by atoms with E-state index in [0.717, 1.165) is 25.7 Å². The fourth-order valence-corrected chi connectivity index (χ4v) is 4.91. The van der Waals surface area contributed by atoms with Crippen LogP contribution in [0, 0.1) is 0 Å². The van der Waals surface area contributed by atoms with Gasteiger partial charge < -0.3 is 19.7 Å². The van der Waals surface area contributed by atoms with E-state index < -0.39 is 11.2 Å². The van der Waals surface area contributed by atoms with Crippen molar-refractivity contribution in [1.29, 1.82) is 0 Å². The molecule has 4 aromatic carbocycles. The Morgan fingerprint density at radius 1 is 0.500 bits per heavy atom. The van der Waals surface area contributed by atoms with Crippen molar-refractivity contribution >= 4 is 0 Å². The molecule has 0 spiro atoms. The lowest BCUT2D eigenvalue weighted by atomic mass is 9.66. The molecule has 0 amide bonds. The quantitative estimate of drug-likeness (QED) is 0.187. The van der Waals surface area contributed by atoms with Gasteiger partial charge in [0, 0.05) is 11.1 Å². The van der Waals surface area contributed by atoms with Gasteiger partial charge in [0.15, 0.2) is 11.2 Å². The van der Waals surface area contributed by atoms with Crippen LogP contribution in [0.25, 0.3) is 0 Å². The van der Waals surface area contributed by atoms with Crippen LogP contribution in [0.4, 0.5) is 0 Å². The van der Waals surface area contributed by atoms with E-state index in [1.165, 1.54) is 0 Å². The molecule has 0 aliphatic carbocycles. The molecule has 0 saturated carbocycles. The third-order valence-electron chi connectivity index (χ3n) is 6.97. The number of unbranched alkanes of at least 4 members (excludes halogenated alkanes) is 2. The highest BCUT2D eigenvalue weighted by atomic mass is 16.5. The number of para-hydroxylation sites is 2. The zero-order valence-electron chi connectivity index (χ0n) is 22.3. The van der Waals surface area contributed by atoms with Crippen LogP contribution in [0.2, 0.25) is 0 Å². The van der Waals surface area contributed by atoms with Gasteiger partial charge in [0.2, 0.25) is 0 Å². The molecule has 0 unspecified atom stereocenters. The van der Waals surface area contributed by atoms with Crippen molar-refractivity contribution in [3.05, 3.63) is 131 Å². The zero-order valence-corrected chi connectivity index (χ0v) is 22.3. The van der Waals surface area contributed by atoms with Gasteiger partial charge in [-0.1, -0.05) is 124 Å². The lowest BCUT2D eigenvalue weighted by Crippen LogP contribution is -2.51. The summed E-state index contributed by atoms with van der Waals surface area (Å²) in [7, 11) is 0. The van der Waals surface area contributed by atoms with E-state index in [9.17, 15) is 10.2 Å². The van der Waals surface area contributed by atoms with Gasteiger partial charge in [-0.3, -0.25) is 0 Å². The molecule has 4 heteroatoms. The van der Waals surface area contributed by atoms with Crippen molar-refractivity contribution < 1.29 is 19.7 Å². The number of rotatable bonds is 13. The minimum absolute atomic E-state index is 0.483. The first kappa shape index (κ1) is 27.4. The van der Waals surface area contributed by atoms with Gasteiger partial charge in [-0.05, 0) is 36.1 Å². The zero-order chi connectivity index (χ0) is 26.8. The third kappa shape index (κ3) is 5.33. The minimum atomic E-state index is -1.93. The molecule has 0 heterocycles. The van der Waals surface area contributed by atoms with E-state index in [2.05, 4.69) is 13.8 Å². The summed E-state index contributed by atoms with van der Waals surface area (Å²) in [6, 6.07) is 33.6. The SMILES string of the molecule is CCCCOc1ccccc1[C@@](O)(c1ccccc1)[C@](O)(c1ccccc1)c1ccccc1OCCCC. The van der Waals surface area contributed by atoms with Gasteiger partial charge in [-0.25, -0.2) is 0 Å². The van der Waals surface area contributed by atoms with Crippen LogP contribution in [0.15, 0.2) is 109 Å². The molecule has 2 atom stereocenters. The lowest BCUT2D eigenvalue weighted by Gasteiger charge is -2.46. The smallest absolute Gasteiger partial charge is 0.155 e. The standard InChI is InChI=1S/C34H38O4/c1-3-5-25-37-31-23-15-13-21-29(31)33(35,27-17-9-7-10-18-27)34(36,28-19-11-8-12-20-28)30-22-14-16-24-32(30)38-26-6-4-2/h7-24,35-36H,3-6,25-26H2,1-2H3/t33-,34-/m0/s1. The molecule has 0 aliphatic rings. The van der Waals surface area contributed by atoms with Crippen molar-refractivity contribution in [1.82, 2.24) is 0 Å². The maximum Gasteiger partial charge on any atom is 0.155 e. The van der Waals surface area contributed by atoms with Crippen molar-refractivity contribution in [2.24, 2.45) is 0 Å². The molecular weight excluding hydrogens is 472 g/mol. The topological polar surface area (TPSA) is 58.9 Å². The molecule has 4 rings (SSSR count). The molecule has 0 radical (unpaired) electrons. The molecule has 38 heavy (non-hydrogen) atoms. The maximum atomic E-state index is 13.1. The molecule has 0 aliphatic heterocycles. The Kier molecular flexibility index (Phi) is 9.22. The predicted octanol–water partition coefficient (Wildman–Crippen LogP) is 7.22. The second kappa shape index (κ2) is 12.8. The molecule has 0 fully saturated rings. The molecule has 4 aromatic rings. The van der Waals surface area contributed by atoms with Crippen LogP contribution in [0.1, 0.15) is 61.8 Å². The van der Waals surface area contributed by atoms with Gasteiger partial charge in [0.05, 0.1) is 13.2 Å². The Bertz CT molecular complexity index is 1170. The number of aliphatic hydroxyl groups is 2. The molecule has 198 valence electrons. The maximum absolute atomic E-state index is 13.1. The van der Waals surface area contributed by atoms with Gasteiger partial charge in [0.25, 0.3) is 0 Å². The van der Waals surface area contributed by atoms with Crippen LogP contribution in [0.5, 0.6) is 11.5 Å². The summed E-state index contributed by atoms with van der Waals surface area (Å²) in [6.07, 6.45) is 3.74. The van der Waals surface area contributed by atoms with Crippen LogP contribution >= 0.6 is 0 Å². The molecule has 2 N–H and O–H groups in total. The Hall–Kier alpha value is -3.60. The van der Waals surface area contributed by atoms with Crippen LogP contribution in [0.3, 0.4) is 0 Å². The van der Waals surface area contributed by atoms with E-state index >= 15 is 0 Å². The van der Waals surface area contributed by atoms with E-state index in [4.69, 9.17) is 9.47 Å². The lowest BCUT2D eigenvalue weighted by molar-refractivity contribution is -0.115. The Morgan fingerprint density at radius 2 is 0.842 bits per heavy atom. The minimum Gasteiger partial charge on any atom is -0.493 e. The Morgan fingerprint density at radius 3 is 1.21 bits per heavy atom. The van der Waals surface area contributed by atoms with Crippen molar-refractivity contribution in [2.75, 3.05) is 13.2 Å². The summed E-state index contributed by atoms with van der Waals surface area (Å²) in [5, 5.41) is 26.3. The third-order valence-corrected chi connectivity index (χ3v) is 6.97. The summed E-state index contributed by atoms with van der Waals surface area (Å²) in [6.45, 7) is 5.25. The Balaban J connectivity index is 2.04. The monoisotopic (exact) mass is 510 g/mol. The van der Waals surface area contributed by atoms with E-state index in [1.807, 2.05) is 109 Å². The second-order valence-electron chi connectivity index (χ2n) is 9.55. The van der Waals surface area contributed by atoms with Crippen LogP contribution < -0.4 is 9.47 Å². The largest absolute Gasteiger partial charge is 0.493 e. The first-order chi connectivity index (χ1) is 18.6. The number of hydrogen-bond acceptors (Lipinski definition) is 4. The van der Waals surface area contributed by atoms with Crippen molar-refractivity contribution in [2.45, 2.75) is 50.7 Å². The van der Waals surface area contributed by atoms with E-state index in [-0.39, 0.29) is 0 Å². The van der Waals surface area contributed by atoms with Gasteiger partial charge in [0.1, 0.15) is 11.5 Å². The van der Waals surface area contributed by atoms with Crippen molar-refractivity contribution in [3.8, 4) is 11.5 Å².